The van der Waals surface area contributed by atoms with Crippen LogP contribution < -0.4 is 19.8 Å². The van der Waals surface area contributed by atoms with Crippen molar-refractivity contribution in [3.63, 3.8) is 0 Å². The first-order valence-corrected chi connectivity index (χ1v) is 13.5. The quantitative estimate of drug-likeness (QED) is 0.264. The molecule has 2 aliphatic heterocycles. The number of thiazole rings is 1. The van der Waals surface area contributed by atoms with Gasteiger partial charge < -0.3 is 14.4 Å². The molecule has 11 heteroatoms. The molecule has 0 aliphatic carbocycles. The van der Waals surface area contributed by atoms with E-state index in [0.717, 1.165) is 16.8 Å². The van der Waals surface area contributed by atoms with Crippen molar-refractivity contribution in [3.05, 3.63) is 100 Å². The maximum absolute atomic E-state index is 13.9. The molecular weight excluding hydrogens is 520 g/mol. The monoisotopic (exact) mass is 548 g/mol. The van der Waals surface area contributed by atoms with Crippen LogP contribution in [0.4, 0.5) is 11.4 Å². The van der Waals surface area contributed by atoms with Gasteiger partial charge in [-0.2, -0.15) is 0 Å². The summed E-state index contributed by atoms with van der Waals surface area (Å²) in [5.41, 5.74) is 3.54. The summed E-state index contributed by atoms with van der Waals surface area (Å²) in [6, 6.07) is 11.6. The lowest BCUT2D eigenvalue weighted by Crippen LogP contribution is -2.40. The number of carbonyl (C=O) groups excluding carboxylic acids is 1. The Balaban J connectivity index is 1.71. The summed E-state index contributed by atoms with van der Waals surface area (Å²) in [7, 11) is 0. The molecule has 1 atom stereocenters. The molecule has 0 N–H and O–H groups in total. The molecule has 0 amide bonds. The third-order valence-electron chi connectivity index (χ3n) is 6.77. The smallest absolute Gasteiger partial charge is 0.338 e. The first kappa shape index (κ1) is 26.5. The van der Waals surface area contributed by atoms with Crippen molar-refractivity contribution in [1.29, 1.82) is 0 Å². The number of morpholine rings is 1. The van der Waals surface area contributed by atoms with E-state index in [2.05, 4.69) is 9.89 Å². The number of hydrogen-bond acceptors (Lipinski definition) is 9. The number of hydrogen-bond donors (Lipinski definition) is 0. The summed E-state index contributed by atoms with van der Waals surface area (Å²) in [6.07, 6.45) is 1.68. The average molecular weight is 549 g/mol. The van der Waals surface area contributed by atoms with Crippen molar-refractivity contribution < 1.29 is 19.2 Å². The minimum absolute atomic E-state index is 0.0657. The number of allylic oxidation sites excluding steroid dienone is 1. The molecule has 0 unspecified atom stereocenters. The van der Waals surface area contributed by atoms with Gasteiger partial charge in [0.1, 0.15) is 0 Å². The number of anilines is 1. The Hall–Kier alpha value is -4.09. The van der Waals surface area contributed by atoms with Gasteiger partial charge in [0.2, 0.25) is 0 Å². The van der Waals surface area contributed by atoms with Gasteiger partial charge in [0.25, 0.3) is 11.2 Å². The standard InChI is InChI=1S/C28H28N4O6S/c1-4-38-27(34)24-18(3)29-28-31(25(24)19-7-5-17(2)6-8-19)26(33)23(39-28)16-20-15-21(32(35)36)9-10-22(20)30-11-13-37-14-12-30/h5-10,15-16,25H,4,11-14H2,1-3H3/b23-16+/t25-/m0/s1. The molecule has 10 nitrogen and oxygen atoms in total. The van der Waals surface area contributed by atoms with E-state index in [1.54, 1.807) is 26.0 Å². The van der Waals surface area contributed by atoms with Gasteiger partial charge in [0.05, 0.1) is 46.6 Å². The number of rotatable bonds is 6. The zero-order valence-electron chi connectivity index (χ0n) is 21.9. The molecule has 3 heterocycles. The molecule has 0 spiro atoms. The van der Waals surface area contributed by atoms with Crippen molar-refractivity contribution >= 4 is 34.8 Å². The molecule has 0 bridgehead atoms. The first-order chi connectivity index (χ1) is 18.8. The first-order valence-electron chi connectivity index (χ1n) is 12.7. The molecule has 2 aliphatic rings. The number of esters is 1. The van der Waals surface area contributed by atoms with Gasteiger partial charge in [0.15, 0.2) is 4.80 Å². The molecule has 39 heavy (non-hydrogen) atoms. The van der Waals surface area contributed by atoms with E-state index in [-0.39, 0.29) is 17.9 Å². The molecule has 0 saturated carbocycles. The Morgan fingerprint density at radius 3 is 2.59 bits per heavy atom. The van der Waals surface area contributed by atoms with Gasteiger partial charge in [-0.25, -0.2) is 9.79 Å². The summed E-state index contributed by atoms with van der Waals surface area (Å²) in [5.74, 6) is -0.521. The zero-order valence-corrected chi connectivity index (χ0v) is 22.7. The fourth-order valence-electron chi connectivity index (χ4n) is 4.86. The Morgan fingerprint density at radius 1 is 1.21 bits per heavy atom. The summed E-state index contributed by atoms with van der Waals surface area (Å²) >= 11 is 1.19. The van der Waals surface area contributed by atoms with Crippen LogP contribution in [0.5, 0.6) is 0 Å². The van der Waals surface area contributed by atoms with Gasteiger partial charge in [-0.15, -0.1) is 0 Å². The highest BCUT2D eigenvalue weighted by Gasteiger charge is 2.33. The molecule has 1 saturated heterocycles. The Bertz CT molecular complexity index is 1650. The van der Waals surface area contributed by atoms with Gasteiger partial charge in [-0.05, 0) is 38.5 Å². The van der Waals surface area contributed by atoms with Crippen molar-refractivity contribution in [2.45, 2.75) is 26.8 Å². The third kappa shape index (κ3) is 5.15. The Labute approximate surface area is 228 Å². The van der Waals surface area contributed by atoms with Crippen LogP contribution in [0, 0.1) is 17.0 Å². The van der Waals surface area contributed by atoms with Gasteiger partial charge >= 0.3 is 5.97 Å². The minimum atomic E-state index is -0.716. The fourth-order valence-corrected chi connectivity index (χ4v) is 5.90. The predicted octanol–water partition coefficient (Wildman–Crippen LogP) is 2.85. The number of carbonyl (C=O) groups is 1. The Kier molecular flexibility index (Phi) is 7.45. The number of aromatic nitrogens is 1. The maximum atomic E-state index is 13.9. The molecule has 3 aromatic rings. The lowest BCUT2D eigenvalue weighted by Gasteiger charge is -2.30. The zero-order chi connectivity index (χ0) is 27.7. The van der Waals surface area contributed by atoms with Crippen LogP contribution in [0.15, 0.2) is 63.5 Å². The van der Waals surface area contributed by atoms with Crippen LogP contribution in [0.2, 0.25) is 0 Å². The van der Waals surface area contributed by atoms with E-state index < -0.39 is 16.9 Å². The van der Waals surface area contributed by atoms with Crippen LogP contribution in [0.25, 0.3) is 6.08 Å². The van der Waals surface area contributed by atoms with Crippen molar-refractivity contribution in [2.75, 3.05) is 37.8 Å². The van der Waals surface area contributed by atoms with Crippen LogP contribution in [-0.4, -0.2) is 48.4 Å². The van der Waals surface area contributed by atoms with Crippen LogP contribution in [0.3, 0.4) is 0 Å². The normalized spacial score (nSPS) is 17.6. The predicted molar refractivity (Wildman–Crippen MR) is 148 cm³/mol. The molecule has 2 aromatic carbocycles. The van der Waals surface area contributed by atoms with E-state index >= 15 is 0 Å². The second-order valence-electron chi connectivity index (χ2n) is 9.31. The van der Waals surface area contributed by atoms with Crippen LogP contribution in [0.1, 0.15) is 36.6 Å². The average Bonchev–Trinajstić information content (AvgIpc) is 3.23. The number of nitrogens with zero attached hydrogens (tertiary/aromatic N) is 4. The molecule has 0 radical (unpaired) electrons. The van der Waals surface area contributed by atoms with Gasteiger partial charge in [-0.3, -0.25) is 19.5 Å². The molecule has 1 fully saturated rings. The van der Waals surface area contributed by atoms with E-state index in [1.807, 2.05) is 31.2 Å². The van der Waals surface area contributed by atoms with Crippen LogP contribution >= 0.6 is 11.3 Å². The van der Waals surface area contributed by atoms with E-state index in [1.165, 1.54) is 28.0 Å². The topological polar surface area (TPSA) is 116 Å². The van der Waals surface area contributed by atoms with E-state index in [0.29, 0.717) is 52.5 Å². The Morgan fingerprint density at radius 2 is 1.92 bits per heavy atom. The molecule has 1 aromatic heterocycles. The number of non-ortho nitro benzene ring substituents is 1. The highest BCUT2D eigenvalue weighted by molar-refractivity contribution is 7.07. The van der Waals surface area contributed by atoms with E-state index in [4.69, 9.17) is 9.47 Å². The summed E-state index contributed by atoms with van der Waals surface area (Å²) in [4.78, 5) is 45.3. The highest BCUT2D eigenvalue weighted by Crippen LogP contribution is 2.31. The SMILES string of the molecule is CCOC(=O)C1=C(C)N=c2s/c(=C/c3cc([N+](=O)[O-])ccc3N3CCOCC3)c(=O)n2[C@H]1c1ccc(C)cc1. The highest BCUT2D eigenvalue weighted by atomic mass is 32.1. The lowest BCUT2D eigenvalue weighted by molar-refractivity contribution is -0.384. The lowest BCUT2D eigenvalue weighted by atomic mass is 9.95. The number of nitro benzene ring substituents is 1. The van der Waals surface area contributed by atoms with Gasteiger partial charge in [0, 0.05) is 36.5 Å². The van der Waals surface area contributed by atoms with Gasteiger partial charge in [-0.1, -0.05) is 41.2 Å². The van der Waals surface area contributed by atoms with Crippen LogP contribution in [-0.2, 0) is 14.3 Å². The number of ether oxygens (including phenoxy) is 2. The van der Waals surface area contributed by atoms with E-state index in [9.17, 15) is 19.7 Å². The number of aryl methyl sites for hydroxylation is 1. The number of nitro groups is 1. The minimum Gasteiger partial charge on any atom is -0.463 e. The summed E-state index contributed by atoms with van der Waals surface area (Å²) in [6.45, 7) is 7.99. The second-order valence-corrected chi connectivity index (χ2v) is 10.3. The third-order valence-corrected chi connectivity index (χ3v) is 7.75. The van der Waals surface area contributed by atoms with Crippen molar-refractivity contribution in [3.8, 4) is 0 Å². The van der Waals surface area contributed by atoms with Crippen molar-refractivity contribution in [1.82, 2.24) is 4.57 Å². The maximum Gasteiger partial charge on any atom is 0.338 e. The largest absolute Gasteiger partial charge is 0.463 e. The number of benzene rings is 2. The van der Waals surface area contributed by atoms with Crippen molar-refractivity contribution in [2.24, 2.45) is 4.99 Å². The number of fused-ring (bicyclic) bond motifs is 1. The molecule has 202 valence electrons. The summed E-state index contributed by atoms with van der Waals surface area (Å²) < 4.78 is 12.7. The molecular formula is C28H28N4O6S. The second kappa shape index (κ2) is 11.0. The molecule has 5 rings (SSSR count). The summed E-state index contributed by atoms with van der Waals surface area (Å²) in [5, 5.41) is 11.6. The fraction of sp³-hybridized carbons (Fsp3) is 0.321.